The zero-order valence-corrected chi connectivity index (χ0v) is 16.7. The SMILES string of the molecule is Cc1ccc(S(=O)(=O)N(CC(=O)Nc2cccc(F)c2)C2CCCCC2)cc1. The lowest BCUT2D eigenvalue weighted by Crippen LogP contribution is -2.45. The molecule has 0 bridgehead atoms. The molecule has 2 aromatic carbocycles. The van der Waals surface area contributed by atoms with Crippen molar-refractivity contribution in [3.8, 4) is 0 Å². The monoisotopic (exact) mass is 404 g/mol. The van der Waals surface area contributed by atoms with Crippen LogP contribution in [0.3, 0.4) is 0 Å². The van der Waals surface area contributed by atoms with Gasteiger partial charge in [0.25, 0.3) is 0 Å². The van der Waals surface area contributed by atoms with Gasteiger partial charge in [0.2, 0.25) is 15.9 Å². The van der Waals surface area contributed by atoms with Crippen molar-refractivity contribution < 1.29 is 17.6 Å². The van der Waals surface area contributed by atoms with E-state index < -0.39 is 21.7 Å². The minimum Gasteiger partial charge on any atom is -0.325 e. The van der Waals surface area contributed by atoms with Gasteiger partial charge in [0.05, 0.1) is 11.4 Å². The van der Waals surface area contributed by atoms with Crippen molar-refractivity contribution in [3.05, 3.63) is 59.9 Å². The first-order chi connectivity index (χ1) is 13.4. The number of carbonyl (C=O) groups is 1. The average molecular weight is 405 g/mol. The Morgan fingerprint density at radius 3 is 2.43 bits per heavy atom. The van der Waals surface area contributed by atoms with E-state index in [9.17, 15) is 17.6 Å². The van der Waals surface area contributed by atoms with Gasteiger partial charge >= 0.3 is 0 Å². The highest BCUT2D eigenvalue weighted by Crippen LogP contribution is 2.28. The molecule has 0 aromatic heterocycles. The fraction of sp³-hybridized carbons (Fsp3) is 0.381. The molecule has 1 fully saturated rings. The Labute approximate surface area is 165 Å². The van der Waals surface area contributed by atoms with Crippen molar-refractivity contribution >= 4 is 21.6 Å². The highest BCUT2D eigenvalue weighted by molar-refractivity contribution is 7.89. The van der Waals surface area contributed by atoms with Gasteiger partial charge in [-0.2, -0.15) is 4.31 Å². The fourth-order valence-electron chi connectivity index (χ4n) is 3.53. The first-order valence-electron chi connectivity index (χ1n) is 9.50. The van der Waals surface area contributed by atoms with Crippen LogP contribution in [0.2, 0.25) is 0 Å². The summed E-state index contributed by atoms with van der Waals surface area (Å²) in [6.45, 7) is 1.60. The van der Waals surface area contributed by atoms with E-state index in [0.29, 0.717) is 5.69 Å². The maximum Gasteiger partial charge on any atom is 0.243 e. The third kappa shape index (κ3) is 4.97. The number of amides is 1. The van der Waals surface area contributed by atoms with Gasteiger partial charge in [0, 0.05) is 11.7 Å². The molecule has 1 saturated carbocycles. The van der Waals surface area contributed by atoms with Crippen LogP contribution in [0.4, 0.5) is 10.1 Å². The lowest BCUT2D eigenvalue weighted by atomic mass is 9.95. The maximum atomic E-state index is 13.4. The molecule has 0 saturated heterocycles. The highest BCUT2D eigenvalue weighted by Gasteiger charge is 2.33. The molecule has 1 amide bonds. The number of benzene rings is 2. The molecule has 1 N–H and O–H groups in total. The minimum absolute atomic E-state index is 0.183. The van der Waals surface area contributed by atoms with E-state index in [2.05, 4.69) is 5.32 Å². The lowest BCUT2D eigenvalue weighted by molar-refractivity contribution is -0.116. The first kappa shape index (κ1) is 20.5. The number of rotatable bonds is 6. The number of hydrogen-bond donors (Lipinski definition) is 1. The van der Waals surface area contributed by atoms with Crippen LogP contribution in [0.5, 0.6) is 0 Å². The number of aryl methyl sites for hydroxylation is 1. The van der Waals surface area contributed by atoms with Gasteiger partial charge in [0.1, 0.15) is 5.82 Å². The summed E-state index contributed by atoms with van der Waals surface area (Å²) >= 11 is 0. The van der Waals surface area contributed by atoms with Crippen molar-refractivity contribution in [1.82, 2.24) is 4.31 Å². The zero-order valence-electron chi connectivity index (χ0n) is 15.9. The summed E-state index contributed by atoms with van der Waals surface area (Å²) in [5.41, 5.74) is 1.27. The molecular formula is C21H25FN2O3S. The number of hydrogen-bond acceptors (Lipinski definition) is 3. The zero-order chi connectivity index (χ0) is 20.1. The van der Waals surface area contributed by atoms with Crippen LogP contribution >= 0.6 is 0 Å². The van der Waals surface area contributed by atoms with Crippen LogP contribution < -0.4 is 5.32 Å². The predicted molar refractivity (Wildman–Crippen MR) is 107 cm³/mol. The van der Waals surface area contributed by atoms with Crippen LogP contribution in [-0.4, -0.2) is 31.2 Å². The second-order valence-electron chi connectivity index (χ2n) is 7.21. The molecule has 0 spiro atoms. The van der Waals surface area contributed by atoms with E-state index in [1.54, 1.807) is 30.3 Å². The molecular weight excluding hydrogens is 379 g/mol. The van der Waals surface area contributed by atoms with Gasteiger partial charge in [-0.15, -0.1) is 0 Å². The van der Waals surface area contributed by atoms with Crippen molar-refractivity contribution in [3.63, 3.8) is 0 Å². The standard InChI is InChI=1S/C21H25FN2O3S/c1-16-10-12-20(13-11-16)28(26,27)24(19-8-3-2-4-9-19)15-21(25)23-18-7-5-6-17(22)14-18/h5-7,10-14,19H,2-4,8-9,15H2,1H3,(H,23,25). The Bertz CT molecular complexity index is 923. The van der Waals surface area contributed by atoms with E-state index in [0.717, 1.165) is 37.7 Å². The third-order valence-corrected chi connectivity index (χ3v) is 6.93. The Kier molecular flexibility index (Phi) is 6.46. The molecule has 1 aliphatic rings. The quantitative estimate of drug-likeness (QED) is 0.788. The first-order valence-corrected chi connectivity index (χ1v) is 10.9. The van der Waals surface area contributed by atoms with Crippen LogP contribution in [0.1, 0.15) is 37.7 Å². The third-order valence-electron chi connectivity index (χ3n) is 5.02. The smallest absolute Gasteiger partial charge is 0.243 e. The largest absolute Gasteiger partial charge is 0.325 e. The number of anilines is 1. The predicted octanol–water partition coefficient (Wildman–Crippen LogP) is 4.10. The van der Waals surface area contributed by atoms with Gasteiger partial charge in [-0.1, -0.05) is 43.0 Å². The number of halogens is 1. The molecule has 0 unspecified atom stereocenters. The van der Waals surface area contributed by atoms with Crippen LogP contribution in [-0.2, 0) is 14.8 Å². The van der Waals surface area contributed by atoms with Crippen molar-refractivity contribution in [2.45, 2.75) is 50.0 Å². The number of sulfonamides is 1. The van der Waals surface area contributed by atoms with E-state index >= 15 is 0 Å². The molecule has 0 heterocycles. The Morgan fingerprint density at radius 1 is 1.11 bits per heavy atom. The van der Waals surface area contributed by atoms with Crippen LogP contribution in [0, 0.1) is 12.7 Å². The van der Waals surface area contributed by atoms with E-state index in [1.165, 1.54) is 22.5 Å². The topological polar surface area (TPSA) is 66.5 Å². The normalized spacial score (nSPS) is 15.5. The molecule has 28 heavy (non-hydrogen) atoms. The molecule has 7 heteroatoms. The summed E-state index contributed by atoms with van der Waals surface area (Å²) < 4.78 is 41.2. The maximum absolute atomic E-state index is 13.4. The second-order valence-corrected chi connectivity index (χ2v) is 9.10. The summed E-state index contributed by atoms with van der Waals surface area (Å²) in [5.74, 6) is -0.943. The molecule has 3 rings (SSSR count). The van der Waals surface area contributed by atoms with E-state index in [1.807, 2.05) is 6.92 Å². The van der Waals surface area contributed by atoms with Gasteiger partial charge in [-0.3, -0.25) is 4.79 Å². The lowest BCUT2D eigenvalue weighted by Gasteiger charge is -2.33. The molecule has 150 valence electrons. The minimum atomic E-state index is -3.81. The van der Waals surface area contributed by atoms with E-state index in [4.69, 9.17) is 0 Å². The molecule has 1 aliphatic carbocycles. The summed E-state index contributed by atoms with van der Waals surface area (Å²) in [5, 5.41) is 2.60. The van der Waals surface area contributed by atoms with Gasteiger partial charge in [0.15, 0.2) is 0 Å². The molecule has 0 atom stereocenters. The van der Waals surface area contributed by atoms with Crippen LogP contribution in [0.25, 0.3) is 0 Å². The summed E-state index contributed by atoms with van der Waals surface area (Å²) in [6, 6.07) is 12.0. The number of carbonyl (C=O) groups excluding carboxylic acids is 1. The second kappa shape index (κ2) is 8.84. The van der Waals surface area contributed by atoms with Crippen molar-refractivity contribution in [2.24, 2.45) is 0 Å². The van der Waals surface area contributed by atoms with Gasteiger partial charge in [-0.05, 0) is 50.1 Å². The van der Waals surface area contributed by atoms with E-state index in [-0.39, 0.29) is 17.5 Å². The fourth-order valence-corrected chi connectivity index (χ4v) is 5.17. The number of nitrogens with one attached hydrogen (secondary N) is 1. The average Bonchev–Trinajstić information content (AvgIpc) is 2.67. The van der Waals surface area contributed by atoms with Crippen molar-refractivity contribution in [2.75, 3.05) is 11.9 Å². The molecule has 2 aromatic rings. The Hall–Kier alpha value is -2.25. The summed E-state index contributed by atoms with van der Waals surface area (Å²) in [7, 11) is -3.81. The molecule has 0 aliphatic heterocycles. The summed E-state index contributed by atoms with van der Waals surface area (Å²) in [6.07, 6.45) is 4.42. The van der Waals surface area contributed by atoms with Crippen LogP contribution in [0.15, 0.2) is 53.4 Å². The number of nitrogens with zero attached hydrogens (tertiary/aromatic N) is 1. The Morgan fingerprint density at radius 2 is 1.79 bits per heavy atom. The van der Waals surface area contributed by atoms with Crippen molar-refractivity contribution in [1.29, 1.82) is 0 Å². The molecule has 0 radical (unpaired) electrons. The summed E-state index contributed by atoms with van der Waals surface area (Å²) in [4.78, 5) is 12.8. The Balaban J connectivity index is 1.84. The molecule has 5 nitrogen and oxygen atoms in total. The van der Waals surface area contributed by atoms with Gasteiger partial charge in [-0.25, -0.2) is 12.8 Å². The highest BCUT2D eigenvalue weighted by atomic mass is 32.2. The van der Waals surface area contributed by atoms with Gasteiger partial charge < -0.3 is 5.32 Å².